The third-order valence-corrected chi connectivity index (χ3v) is 5.20. The van der Waals surface area contributed by atoms with E-state index >= 15 is 0 Å². The number of carbonyl (C=O) groups excluding carboxylic acids is 2. The molecule has 0 aromatic heterocycles. The number of hydrogen-bond acceptors (Lipinski definition) is 5. The summed E-state index contributed by atoms with van der Waals surface area (Å²) >= 11 is 0. The van der Waals surface area contributed by atoms with Gasteiger partial charge in [0.2, 0.25) is 0 Å². The van der Waals surface area contributed by atoms with E-state index in [2.05, 4.69) is 5.32 Å². The van der Waals surface area contributed by atoms with Crippen LogP contribution in [0.3, 0.4) is 0 Å². The van der Waals surface area contributed by atoms with Gasteiger partial charge < -0.3 is 14.8 Å². The van der Waals surface area contributed by atoms with Crippen molar-refractivity contribution in [1.82, 2.24) is 4.90 Å². The van der Waals surface area contributed by atoms with E-state index in [-0.39, 0.29) is 17.9 Å². The van der Waals surface area contributed by atoms with Crippen LogP contribution in [0.4, 0.5) is 5.69 Å². The maximum Gasteiger partial charge on any atom is 0.278 e. The molecule has 0 fully saturated rings. The first kappa shape index (κ1) is 23.5. The predicted octanol–water partition coefficient (Wildman–Crippen LogP) is 4.71. The fourth-order valence-electron chi connectivity index (χ4n) is 3.69. The Morgan fingerprint density at radius 2 is 1.72 bits per heavy atom. The number of nitrogens with zero attached hydrogens (tertiary/aromatic N) is 1. The molecule has 1 aliphatic rings. The molecule has 2 aromatic carbocycles. The molecule has 0 bridgehead atoms. The van der Waals surface area contributed by atoms with E-state index in [0.717, 1.165) is 22.6 Å². The summed E-state index contributed by atoms with van der Waals surface area (Å²) in [6.07, 6.45) is 0.647. The number of aryl methyl sites for hydroxylation is 2. The standard InChI is InChI=1S/C26H32N2O4/c1-6-31-15-7-14-28-25(29)23(20-9-11-21(12-10-20)32-17(2)3)24(26(28)30)27-22-13-8-18(4)16-19(22)5/h8-13,16-17,27H,6-7,14-15H2,1-5H3. The molecular formula is C26H32N2O4. The van der Waals surface area contributed by atoms with Gasteiger partial charge in [0.1, 0.15) is 11.4 Å². The van der Waals surface area contributed by atoms with Gasteiger partial charge in [0.25, 0.3) is 11.8 Å². The molecule has 6 nitrogen and oxygen atoms in total. The van der Waals surface area contributed by atoms with Crippen LogP contribution in [0, 0.1) is 13.8 Å². The Bertz CT molecular complexity index is 1010. The molecule has 3 rings (SSSR count). The molecule has 0 saturated heterocycles. The van der Waals surface area contributed by atoms with Crippen molar-refractivity contribution in [1.29, 1.82) is 0 Å². The molecule has 0 atom stereocenters. The van der Waals surface area contributed by atoms with E-state index in [1.165, 1.54) is 4.90 Å². The minimum atomic E-state index is -0.316. The summed E-state index contributed by atoms with van der Waals surface area (Å²) in [5, 5.41) is 3.25. The van der Waals surface area contributed by atoms with Crippen molar-refractivity contribution in [3.8, 4) is 5.75 Å². The molecule has 0 radical (unpaired) electrons. The van der Waals surface area contributed by atoms with Gasteiger partial charge in [-0.05, 0) is 70.4 Å². The largest absolute Gasteiger partial charge is 0.491 e. The summed E-state index contributed by atoms with van der Waals surface area (Å²) in [5.41, 5.74) is 4.31. The van der Waals surface area contributed by atoms with Gasteiger partial charge in [-0.1, -0.05) is 29.8 Å². The fraction of sp³-hybridized carbons (Fsp3) is 0.385. The van der Waals surface area contributed by atoms with E-state index < -0.39 is 0 Å². The van der Waals surface area contributed by atoms with Crippen LogP contribution in [0.5, 0.6) is 5.75 Å². The molecule has 170 valence electrons. The number of ether oxygens (including phenoxy) is 2. The van der Waals surface area contributed by atoms with E-state index in [0.29, 0.717) is 43.0 Å². The zero-order valence-corrected chi connectivity index (χ0v) is 19.5. The Morgan fingerprint density at radius 3 is 2.34 bits per heavy atom. The lowest BCUT2D eigenvalue weighted by Gasteiger charge is -2.15. The molecule has 0 saturated carbocycles. The summed E-state index contributed by atoms with van der Waals surface area (Å²) in [5.74, 6) is 0.110. The third kappa shape index (κ3) is 5.37. The topological polar surface area (TPSA) is 67.9 Å². The smallest absolute Gasteiger partial charge is 0.278 e. The number of nitrogens with one attached hydrogen (secondary N) is 1. The average Bonchev–Trinajstić information content (AvgIpc) is 2.97. The van der Waals surface area contributed by atoms with Crippen molar-refractivity contribution in [3.63, 3.8) is 0 Å². The molecule has 1 heterocycles. The minimum absolute atomic E-state index is 0.0531. The van der Waals surface area contributed by atoms with Gasteiger partial charge in [-0.2, -0.15) is 0 Å². The third-order valence-electron chi connectivity index (χ3n) is 5.20. The Hall–Kier alpha value is -3.12. The van der Waals surface area contributed by atoms with Crippen LogP contribution < -0.4 is 10.1 Å². The van der Waals surface area contributed by atoms with Gasteiger partial charge in [0, 0.05) is 25.4 Å². The van der Waals surface area contributed by atoms with Crippen molar-refractivity contribution in [2.24, 2.45) is 0 Å². The van der Waals surface area contributed by atoms with Crippen molar-refractivity contribution in [2.45, 2.75) is 47.1 Å². The summed E-state index contributed by atoms with van der Waals surface area (Å²) < 4.78 is 11.1. The lowest BCUT2D eigenvalue weighted by atomic mass is 10.0. The molecule has 6 heteroatoms. The number of rotatable bonds is 10. The first-order chi connectivity index (χ1) is 15.3. The van der Waals surface area contributed by atoms with Crippen molar-refractivity contribution < 1.29 is 19.1 Å². The van der Waals surface area contributed by atoms with Crippen LogP contribution in [0.2, 0.25) is 0 Å². The summed E-state index contributed by atoms with van der Waals surface area (Å²) in [4.78, 5) is 27.9. The zero-order chi connectivity index (χ0) is 23.3. The molecule has 1 aliphatic heterocycles. The first-order valence-corrected chi connectivity index (χ1v) is 11.1. The second kappa shape index (κ2) is 10.5. The van der Waals surface area contributed by atoms with E-state index in [1.54, 1.807) is 0 Å². The van der Waals surface area contributed by atoms with Crippen LogP contribution in [-0.4, -0.2) is 42.6 Å². The number of anilines is 1. The minimum Gasteiger partial charge on any atom is -0.491 e. The van der Waals surface area contributed by atoms with E-state index in [4.69, 9.17) is 9.47 Å². The number of carbonyl (C=O) groups is 2. The average molecular weight is 437 g/mol. The Morgan fingerprint density at radius 1 is 1.00 bits per heavy atom. The zero-order valence-electron chi connectivity index (χ0n) is 19.5. The Balaban J connectivity index is 1.95. The maximum absolute atomic E-state index is 13.3. The Kier molecular flexibility index (Phi) is 7.70. The molecule has 2 aromatic rings. The van der Waals surface area contributed by atoms with Gasteiger partial charge >= 0.3 is 0 Å². The lowest BCUT2D eigenvalue weighted by Crippen LogP contribution is -2.34. The van der Waals surface area contributed by atoms with Crippen molar-refractivity contribution in [2.75, 3.05) is 25.1 Å². The highest BCUT2D eigenvalue weighted by atomic mass is 16.5. The van der Waals surface area contributed by atoms with Gasteiger partial charge in [-0.15, -0.1) is 0 Å². The monoisotopic (exact) mass is 436 g/mol. The molecule has 0 aliphatic carbocycles. The quantitative estimate of drug-likeness (QED) is 0.432. The molecule has 2 amide bonds. The number of hydrogen-bond donors (Lipinski definition) is 1. The van der Waals surface area contributed by atoms with Crippen LogP contribution >= 0.6 is 0 Å². The Labute approximate surface area is 190 Å². The van der Waals surface area contributed by atoms with Gasteiger partial charge in [-0.3, -0.25) is 14.5 Å². The van der Waals surface area contributed by atoms with Crippen LogP contribution in [0.1, 0.15) is 43.9 Å². The molecular weight excluding hydrogens is 404 g/mol. The molecule has 0 unspecified atom stereocenters. The lowest BCUT2D eigenvalue weighted by molar-refractivity contribution is -0.137. The number of amides is 2. The van der Waals surface area contributed by atoms with Gasteiger partial charge in [0.15, 0.2) is 0 Å². The number of imide groups is 1. The van der Waals surface area contributed by atoms with Crippen LogP contribution in [-0.2, 0) is 14.3 Å². The normalized spacial score (nSPS) is 14.0. The number of benzene rings is 2. The van der Waals surface area contributed by atoms with E-state index in [9.17, 15) is 9.59 Å². The molecule has 0 spiro atoms. The summed E-state index contributed by atoms with van der Waals surface area (Å²) in [6, 6.07) is 13.3. The van der Waals surface area contributed by atoms with Gasteiger partial charge in [-0.25, -0.2) is 0 Å². The highest BCUT2D eigenvalue weighted by Gasteiger charge is 2.39. The first-order valence-electron chi connectivity index (χ1n) is 11.1. The van der Waals surface area contributed by atoms with Crippen LogP contribution in [0.15, 0.2) is 48.2 Å². The second-order valence-electron chi connectivity index (χ2n) is 8.20. The SMILES string of the molecule is CCOCCCN1C(=O)C(Nc2ccc(C)cc2C)=C(c2ccc(OC(C)C)cc2)C1=O. The maximum atomic E-state index is 13.3. The molecule has 1 N–H and O–H groups in total. The fourth-order valence-corrected chi connectivity index (χ4v) is 3.69. The summed E-state index contributed by atoms with van der Waals surface area (Å²) in [7, 11) is 0. The highest BCUT2D eigenvalue weighted by Crippen LogP contribution is 2.32. The molecule has 32 heavy (non-hydrogen) atoms. The van der Waals surface area contributed by atoms with Crippen molar-refractivity contribution >= 4 is 23.1 Å². The van der Waals surface area contributed by atoms with E-state index in [1.807, 2.05) is 77.1 Å². The summed E-state index contributed by atoms with van der Waals surface area (Å²) in [6.45, 7) is 11.3. The highest BCUT2D eigenvalue weighted by molar-refractivity contribution is 6.36. The second-order valence-corrected chi connectivity index (χ2v) is 8.20. The van der Waals surface area contributed by atoms with Crippen LogP contribution in [0.25, 0.3) is 5.57 Å². The predicted molar refractivity (Wildman–Crippen MR) is 126 cm³/mol. The van der Waals surface area contributed by atoms with Gasteiger partial charge in [0.05, 0.1) is 11.7 Å². The van der Waals surface area contributed by atoms with Crippen molar-refractivity contribution in [3.05, 3.63) is 64.9 Å².